The van der Waals surface area contributed by atoms with E-state index in [1.807, 2.05) is 6.07 Å². The lowest BCUT2D eigenvalue weighted by Gasteiger charge is -2.08. The van der Waals surface area contributed by atoms with Crippen molar-refractivity contribution < 1.29 is 9.13 Å². The van der Waals surface area contributed by atoms with Gasteiger partial charge in [-0.25, -0.2) is 4.39 Å². The van der Waals surface area contributed by atoms with Crippen molar-refractivity contribution in [2.24, 2.45) is 0 Å². The van der Waals surface area contributed by atoms with Gasteiger partial charge in [0.05, 0.1) is 0 Å². The molecular weight excluding hydrogens is 285 g/mol. The second kappa shape index (κ2) is 5.27. The highest BCUT2D eigenvalue weighted by atomic mass is 79.9. The van der Waals surface area contributed by atoms with Crippen LogP contribution in [0.5, 0.6) is 5.75 Å². The number of hydrogen-bond donors (Lipinski definition) is 0. The maximum Gasteiger partial charge on any atom is 0.167 e. The topological polar surface area (TPSA) is 22.1 Å². The predicted octanol–water partition coefficient (Wildman–Crippen LogP) is 3.87. The number of hydrogen-bond acceptors (Lipinski definition) is 2. The average Bonchev–Trinajstić information content (AvgIpc) is 2.31. The summed E-state index contributed by atoms with van der Waals surface area (Å²) < 4.78 is 19.9. The smallest absolute Gasteiger partial charge is 0.167 e. The highest BCUT2D eigenvalue weighted by Crippen LogP contribution is 2.21. The zero-order valence-electron chi connectivity index (χ0n) is 9.28. The van der Waals surface area contributed by atoms with Gasteiger partial charge < -0.3 is 4.74 Å². The van der Waals surface area contributed by atoms with Gasteiger partial charge in [0.15, 0.2) is 11.6 Å². The Morgan fingerprint density at radius 3 is 2.94 bits per heavy atom. The van der Waals surface area contributed by atoms with Gasteiger partial charge in [-0.15, -0.1) is 0 Å². The minimum atomic E-state index is -0.310. The number of nitrogens with zero attached hydrogens (tertiary/aromatic N) is 1. The first kappa shape index (κ1) is 12.0. The molecule has 0 aliphatic heterocycles. The van der Waals surface area contributed by atoms with Gasteiger partial charge in [-0.05, 0) is 40.5 Å². The predicted molar refractivity (Wildman–Crippen MR) is 67.4 cm³/mol. The maximum absolute atomic E-state index is 13.6. The molecule has 0 N–H and O–H groups in total. The van der Waals surface area contributed by atoms with Gasteiger partial charge >= 0.3 is 0 Å². The third-order valence-corrected chi connectivity index (χ3v) is 2.75. The van der Waals surface area contributed by atoms with Crippen LogP contribution in [0.2, 0.25) is 0 Å². The summed E-state index contributed by atoms with van der Waals surface area (Å²) in [6.45, 7) is 2.01. The van der Waals surface area contributed by atoms with Crippen LogP contribution in [-0.4, -0.2) is 4.98 Å². The molecule has 0 spiro atoms. The van der Waals surface area contributed by atoms with Gasteiger partial charge in [-0.1, -0.05) is 12.1 Å². The Balaban J connectivity index is 2.10. The van der Waals surface area contributed by atoms with E-state index in [9.17, 15) is 4.39 Å². The zero-order valence-corrected chi connectivity index (χ0v) is 10.9. The number of halogens is 2. The van der Waals surface area contributed by atoms with Gasteiger partial charge in [0.25, 0.3) is 0 Å². The standard InChI is InChI=1S/C13H11BrFNO/c1-9-3-2-4-12(13(9)15)17-8-10-5-11(14)7-16-6-10/h2-7H,8H2,1H3. The van der Waals surface area contributed by atoms with Crippen molar-refractivity contribution in [3.05, 3.63) is 58.1 Å². The van der Waals surface area contributed by atoms with Crippen LogP contribution in [0.25, 0.3) is 0 Å². The van der Waals surface area contributed by atoms with E-state index < -0.39 is 0 Å². The van der Waals surface area contributed by atoms with E-state index in [1.165, 1.54) is 0 Å². The fourth-order valence-corrected chi connectivity index (χ4v) is 1.84. The number of benzene rings is 1. The number of pyridine rings is 1. The highest BCUT2D eigenvalue weighted by molar-refractivity contribution is 9.10. The summed E-state index contributed by atoms with van der Waals surface area (Å²) in [6.07, 6.45) is 3.38. The Bertz CT molecular complexity index is 531. The van der Waals surface area contributed by atoms with Crippen molar-refractivity contribution in [3.8, 4) is 5.75 Å². The normalized spacial score (nSPS) is 10.3. The SMILES string of the molecule is Cc1cccc(OCc2cncc(Br)c2)c1F. The third-order valence-electron chi connectivity index (χ3n) is 2.31. The minimum absolute atomic E-state index is 0.268. The van der Waals surface area contributed by atoms with Crippen LogP contribution in [0, 0.1) is 12.7 Å². The largest absolute Gasteiger partial charge is 0.486 e. The van der Waals surface area contributed by atoms with E-state index in [-0.39, 0.29) is 11.6 Å². The van der Waals surface area contributed by atoms with E-state index >= 15 is 0 Å². The number of aryl methyl sites for hydroxylation is 1. The molecule has 4 heteroatoms. The lowest BCUT2D eigenvalue weighted by molar-refractivity contribution is 0.289. The second-order valence-corrected chi connectivity index (χ2v) is 4.60. The van der Waals surface area contributed by atoms with Crippen molar-refractivity contribution in [3.63, 3.8) is 0 Å². The molecule has 0 saturated carbocycles. The number of rotatable bonds is 3. The molecule has 2 nitrogen and oxygen atoms in total. The molecule has 2 rings (SSSR count). The van der Waals surface area contributed by atoms with Gasteiger partial charge in [-0.2, -0.15) is 0 Å². The quantitative estimate of drug-likeness (QED) is 0.857. The molecule has 1 aromatic carbocycles. The summed E-state index contributed by atoms with van der Waals surface area (Å²) in [7, 11) is 0. The molecule has 1 heterocycles. The Morgan fingerprint density at radius 2 is 2.18 bits per heavy atom. The van der Waals surface area contributed by atoms with Crippen LogP contribution in [0.3, 0.4) is 0 Å². The molecule has 0 saturated heterocycles. The van der Waals surface area contributed by atoms with Gasteiger partial charge in [-0.3, -0.25) is 4.98 Å². The van der Waals surface area contributed by atoms with Crippen LogP contribution in [0.15, 0.2) is 41.1 Å². The summed E-state index contributed by atoms with van der Waals surface area (Å²) >= 11 is 3.32. The lowest BCUT2D eigenvalue weighted by Crippen LogP contribution is -1.98. The van der Waals surface area contributed by atoms with Crippen LogP contribution < -0.4 is 4.74 Å². The molecule has 0 bridgehead atoms. The number of ether oxygens (including phenoxy) is 1. The molecule has 0 aliphatic rings. The number of aromatic nitrogens is 1. The van der Waals surface area contributed by atoms with E-state index in [4.69, 9.17) is 4.74 Å². The fourth-order valence-electron chi connectivity index (χ4n) is 1.43. The summed E-state index contributed by atoms with van der Waals surface area (Å²) in [4.78, 5) is 4.02. The fraction of sp³-hybridized carbons (Fsp3) is 0.154. The van der Waals surface area contributed by atoms with Crippen LogP contribution >= 0.6 is 15.9 Å². The Morgan fingerprint density at radius 1 is 1.35 bits per heavy atom. The monoisotopic (exact) mass is 295 g/mol. The first-order valence-electron chi connectivity index (χ1n) is 5.14. The average molecular weight is 296 g/mol. The lowest BCUT2D eigenvalue weighted by atomic mass is 10.2. The van der Waals surface area contributed by atoms with E-state index in [0.29, 0.717) is 12.2 Å². The van der Waals surface area contributed by atoms with Crippen molar-refractivity contribution >= 4 is 15.9 Å². The molecule has 0 aliphatic carbocycles. The zero-order chi connectivity index (χ0) is 12.3. The van der Waals surface area contributed by atoms with Gasteiger partial charge in [0.2, 0.25) is 0 Å². The summed E-state index contributed by atoms with van der Waals surface area (Å²) in [5.74, 6) is -0.0413. The Labute approximate surface area is 108 Å². The molecule has 2 aromatic rings. The van der Waals surface area contributed by atoms with Crippen molar-refractivity contribution in [2.75, 3.05) is 0 Å². The third kappa shape index (κ3) is 3.03. The first-order chi connectivity index (χ1) is 8.16. The molecule has 0 unspecified atom stereocenters. The van der Waals surface area contributed by atoms with Crippen molar-refractivity contribution in [2.45, 2.75) is 13.5 Å². The molecule has 88 valence electrons. The summed E-state index contributed by atoms with van der Waals surface area (Å²) in [5, 5.41) is 0. The maximum atomic E-state index is 13.6. The van der Waals surface area contributed by atoms with Crippen LogP contribution in [0.4, 0.5) is 4.39 Å². The molecule has 0 amide bonds. The molecule has 0 fully saturated rings. The van der Waals surface area contributed by atoms with E-state index in [1.54, 1.807) is 37.5 Å². The van der Waals surface area contributed by atoms with E-state index in [0.717, 1.165) is 10.0 Å². The second-order valence-electron chi connectivity index (χ2n) is 3.69. The molecule has 0 radical (unpaired) electrons. The summed E-state index contributed by atoms with van der Waals surface area (Å²) in [6, 6.07) is 6.99. The molecular formula is C13H11BrFNO. The Kier molecular flexibility index (Phi) is 3.74. The minimum Gasteiger partial charge on any atom is -0.486 e. The van der Waals surface area contributed by atoms with E-state index in [2.05, 4.69) is 20.9 Å². The highest BCUT2D eigenvalue weighted by Gasteiger charge is 2.06. The van der Waals surface area contributed by atoms with Crippen LogP contribution in [-0.2, 0) is 6.61 Å². The molecule has 17 heavy (non-hydrogen) atoms. The molecule has 0 atom stereocenters. The first-order valence-corrected chi connectivity index (χ1v) is 5.93. The van der Waals surface area contributed by atoms with Crippen molar-refractivity contribution in [1.29, 1.82) is 0 Å². The Hall–Kier alpha value is -1.42. The van der Waals surface area contributed by atoms with Gasteiger partial charge in [0, 0.05) is 22.4 Å². The van der Waals surface area contributed by atoms with Gasteiger partial charge in [0.1, 0.15) is 6.61 Å². The summed E-state index contributed by atoms with van der Waals surface area (Å²) in [5.41, 5.74) is 1.47. The van der Waals surface area contributed by atoms with Crippen LogP contribution in [0.1, 0.15) is 11.1 Å². The molecule has 1 aromatic heterocycles. The van der Waals surface area contributed by atoms with Crippen molar-refractivity contribution in [1.82, 2.24) is 4.98 Å².